The van der Waals surface area contributed by atoms with E-state index in [0.717, 1.165) is 21.6 Å². The van der Waals surface area contributed by atoms with E-state index in [-0.39, 0.29) is 24.2 Å². The highest BCUT2D eigenvalue weighted by Crippen LogP contribution is 2.33. The van der Waals surface area contributed by atoms with E-state index in [0.29, 0.717) is 49.2 Å². The third kappa shape index (κ3) is 6.52. The molecule has 0 bridgehead atoms. The van der Waals surface area contributed by atoms with Gasteiger partial charge >= 0.3 is 11.9 Å². The van der Waals surface area contributed by atoms with Crippen LogP contribution in [0.15, 0.2) is 30.6 Å². The summed E-state index contributed by atoms with van der Waals surface area (Å²) in [6, 6.07) is 5.99. The molecule has 1 aliphatic rings. The van der Waals surface area contributed by atoms with Crippen LogP contribution in [-0.4, -0.2) is 52.5 Å². The number of nitrogens with one attached hydrogen (secondary N) is 1. The molecule has 10 nitrogen and oxygen atoms in total. The van der Waals surface area contributed by atoms with Gasteiger partial charge in [-0.05, 0) is 50.8 Å². The lowest BCUT2D eigenvalue weighted by atomic mass is 9.97. The van der Waals surface area contributed by atoms with Gasteiger partial charge in [0.2, 0.25) is 0 Å². The predicted molar refractivity (Wildman–Crippen MR) is 144 cm³/mol. The molecule has 3 aromatic rings. The fraction of sp³-hybridized carbons (Fsp3) is 0.407. The van der Waals surface area contributed by atoms with E-state index in [2.05, 4.69) is 20.3 Å². The Balaban J connectivity index is 1.44. The summed E-state index contributed by atoms with van der Waals surface area (Å²) in [6.45, 7) is 8.98. The molecule has 1 saturated heterocycles. The number of aromatic nitrogens is 3. The summed E-state index contributed by atoms with van der Waals surface area (Å²) in [5.74, 6) is -0.426. The first kappa shape index (κ1) is 27.2. The van der Waals surface area contributed by atoms with Crippen molar-refractivity contribution < 1.29 is 23.9 Å². The molecule has 4 rings (SSSR count). The van der Waals surface area contributed by atoms with E-state index in [1.807, 2.05) is 36.9 Å². The Labute approximate surface area is 225 Å². The van der Waals surface area contributed by atoms with E-state index < -0.39 is 11.9 Å². The number of thiazole rings is 1. The minimum absolute atomic E-state index is 0.0620. The number of hydrogen-bond donors (Lipinski definition) is 1. The van der Waals surface area contributed by atoms with Crippen LogP contribution in [0.1, 0.15) is 53.2 Å². The first-order valence-electron chi connectivity index (χ1n) is 12.5. The van der Waals surface area contributed by atoms with Gasteiger partial charge in [0.05, 0.1) is 35.5 Å². The van der Waals surface area contributed by atoms with Crippen LogP contribution in [0.3, 0.4) is 0 Å². The normalized spacial score (nSPS) is 13.7. The van der Waals surface area contributed by atoms with Gasteiger partial charge in [-0.1, -0.05) is 23.5 Å². The number of amides is 1. The van der Waals surface area contributed by atoms with Crippen molar-refractivity contribution in [3.63, 3.8) is 0 Å². The number of ether oxygens (including phenoxy) is 2. The molecular formula is C27H31N5O5S. The molecule has 1 amide bonds. The Kier molecular flexibility index (Phi) is 8.67. The number of anilines is 2. The van der Waals surface area contributed by atoms with Crippen molar-refractivity contribution in [3.8, 4) is 11.3 Å². The van der Waals surface area contributed by atoms with Gasteiger partial charge in [-0.2, -0.15) is 0 Å². The average Bonchev–Trinajstić information content (AvgIpc) is 3.31. The maximum atomic E-state index is 12.9. The maximum absolute atomic E-state index is 12.9. The zero-order valence-corrected chi connectivity index (χ0v) is 22.8. The summed E-state index contributed by atoms with van der Waals surface area (Å²) in [5.41, 5.74) is 3.95. The Hall–Kier alpha value is -3.86. The van der Waals surface area contributed by atoms with E-state index in [4.69, 9.17) is 9.47 Å². The number of carbonyl (C=O) groups excluding carboxylic acids is 3. The van der Waals surface area contributed by atoms with Gasteiger partial charge in [-0.15, -0.1) is 0 Å². The molecule has 1 N–H and O–H groups in total. The third-order valence-corrected chi connectivity index (χ3v) is 7.36. The number of esters is 2. The van der Waals surface area contributed by atoms with Crippen molar-refractivity contribution in [2.24, 2.45) is 5.92 Å². The van der Waals surface area contributed by atoms with Gasteiger partial charge < -0.3 is 14.4 Å². The van der Waals surface area contributed by atoms with E-state index in [1.165, 1.54) is 24.5 Å². The fourth-order valence-corrected chi connectivity index (χ4v) is 5.04. The molecular weight excluding hydrogens is 506 g/mol. The summed E-state index contributed by atoms with van der Waals surface area (Å²) in [4.78, 5) is 52.4. The molecule has 0 unspecified atom stereocenters. The van der Waals surface area contributed by atoms with Crippen molar-refractivity contribution in [1.29, 1.82) is 0 Å². The van der Waals surface area contributed by atoms with Crippen LogP contribution in [0.25, 0.3) is 11.3 Å². The van der Waals surface area contributed by atoms with Crippen LogP contribution in [0.5, 0.6) is 0 Å². The highest BCUT2D eigenvalue weighted by molar-refractivity contribution is 7.16. The van der Waals surface area contributed by atoms with Crippen molar-refractivity contribution in [2.75, 3.05) is 29.9 Å². The molecule has 0 aliphatic carbocycles. The molecule has 0 spiro atoms. The Morgan fingerprint density at radius 2 is 1.84 bits per heavy atom. The van der Waals surface area contributed by atoms with Crippen molar-refractivity contribution in [2.45, 2.75) is 47.1 Å². The standard InChI is InChI=1S/C27H31N5O5S/c1-5-36-26(35)19-8-10-32(11-9-19)23-14-28-21(13-29-23)25(34)31-27-30-24(22(38-27)15-37-18(4)33)20-7-6-16(2)17(3)12-20/h6-7,12-14,19H,5,8-11,15H2,1-4H3,(H,30,31,34). The molecule has 38 heavy (non-hydrogen) atoms. The lowest BCUT2D eigenvalue weighted by Crippen LogP contribution is -2.37. The summed E-state index contributed by atoms with van der Waals surface area (Å²) in [7, 11) is 0. The fourth-order valence-electron chi connectivity index (χ4n) is 4.15. The molecule has 1 fully saturated rings. The van der Waals surface area contributed by atoms with Crippen LogP contribution in [0.4, 0.5) is 10.9 Å². The van der Waals surface area contributed by atoms with Gasteiger partial charge in [0.15, 0.2) is 5.13 Å². The zero-order chi connectivity index (χ0) is 27.2. The lowest BCUT2D eigenvalue weighted by molar-refractivity contribution is -0.148. The van der Waals surface area contributed by atoms with Crippen LogP contribution in [0.2, 0.25) is 0 Å². The first-order valence-corrected chi connectivity index (χ1v) is 13.3. The second-order valence-corrected chi connectivity index (χ2v) is 10.2. The quantitative estimate of drug-likeness (QED) is 0.419. The summed E-state index contributed by atoms with van der Waals surface area (Å²) in [5, 5.41) is 3.16. The SMILES string of the molecule is CCOC(=O)C1CCN(c2cnc(C(=O)Nc3nc(-c4ccc(C)c(C)c4)c(COC(C)=O)s3)cn2)CC1. The number of aryl methyl sites for hydroxylation is 2. The monoisotopic (exact) mass is 537 g/mol. The number of benzene rings is 1. The average molecular weight is 538 g/mol. The second kappa shape index (κ2) is 12.1. The van der Waals surface area contributed by atoms with Crippen LogP contribution >= 0.6 is 11.3 Å². The predicted octanol–water partition coefficient (Wildman–Crippen LogP) is 4.31. The minimum Gasteiger partial charge on any atom is -0.466 e. The Morgan fingerprint density at radius 1 is 1.08 bits per heavy atom. The van der Waals surface area contributed by atoms with Gasteiger partial charge in [-0.3, -0.25) is 19.7 Å². The van der Waals surface area contributed by atoms with Crippen LogP contribution < -0.4 is 10.2 Å². The largest absolute Gasteiger partial charge is 0.466 e. The third-order valence-electron chi connectivity index (χ3n) is 6.41. The van der Waals surface area contributed by atoms with E-state index >= 15 is 0 Å². The highest BCUT2D eigenvalue weighted by atomic mass is 32.1. The van der Waals surface area contributed by atoms with Crippen molar-refractivity contribution in [1.82, 2.24) is 15.0 Å². The molecule has 200 valence electrons. The van der Waals surface area contributed by atoms with Crippen molar-refractivity contribution >= 4 is 40.1 Å². The highest BCUT2D eigenvalue weighted by Gasteiger charge is 2.27. The molecule has 0 saturated carbocycles. The van der Waals surface area contributed by atoms with Gasteiger partial charge in [0, 0.05) is 25.6 Å². The molecule has 2 aromatic heterocycles. The first-order chi connectivity index (χ1) is 18.2. The van der Waals surface area contributed by atoms with Crippen LogP contribution in [-0.2, 0) is 25.7 Å². The summed E-state index contributed by atoms with van der Waals surface area (Å²) < 4.78 is 10.3. The number of hydrogen-bond acceptors (Lipinski definition) is 10. The molecule has 1 aliphatic heterocycles. The Morgan fingerprint density at radius 3 is 2.47 bits per heavy atom. The maximum Gasteiger partial charge on any atom is 0.309 e. The molecule has 11 heteroatoms. The molecule has 0 radical (unpaired) electrons. The van der Waals surface area contributed by atoms with Crippen LogP contribution in [0, 0.1) is 19.8 Å². The topological polar surface area (TPSA) is 124 Å². The summed E-state index contributed by atoms with van der Waals surface area (Å²) in [6.07, 6.45) is 4.37. The minimum atomic E-state index is -0.440. The number of nitrogens with zero attached hydrogens (tertiary/aromatic N) is 4. The number of rotatable bonds is 8. The molecule has 3 heterocycles. The molecule has 0 atom stereocenters. The van der Waals surface area contributed by atoms with E-state index in [9.17, 15) is 14.4 Å². The zero-order valence-electron chi connectivity index (χ0n) is 21.9. The van der Waals surface area contributed by atoms with Gasteiger partial charge in [-0.25, -0.2) is 15.0 Å². The van der Waals surface area contributed by atoms with Gasteiger partial charge in [0.1, 0.15) is 18.1 Å². The Bertz CT molecular complexity index is 1320. The smallest absolute Gasteiger partial charge is 0.309 e. The second-order valence-electron chi connectivity index (χ2n) is 9.10. The van der Waals surface area contributed by atoms with E-state index in [1.54, 1.807) is 13.1 Å². The van der Waals surface area contributed by atoms with Gasteiger partial charge in [0.25, 0.3) is 5.91 Å². The number of piperidine rings is 1. The lowest BCUT2D eigenvalue weighted by Gasteiger charge is -2.31. The summed E-state index contributed by atoms with van der Waals surface area (Å²) >= 11 is 1.25. The van der Waals surface area contributed by atoms with Crippen molar-refractivity contribution in [3.05, 3.63) is 52.3 Å². The molecule has 1 aromatic carbocycles. The number of carbonyl (C=O) groups is 3.